The van der Waals surface area contributed by atoms with Gasteiger partial charge in [0.05, 0.1) is 16.8 Å². The molecule has 2 aromatic rings. The Bertz CT molecular complexity index is 806. The van der Waals surface area contributed by atoms with Gasteiger partial charge in [0.25, 0.3) is 0 Å². The number of hydrogen-bond donors (Lipinski definition) is 1. The Morgan fingerprint density at radius 1 is 0.731 bits per heavy atom. The van der Waals surface area contributed by atoms with Crippen LogP contribution in [-0.4, -0.2) is 0 Å². The Kier molecular flexibility index (Phi) is 4.77. The van der Waals surface area contributed by atoms with E-state index in [1.54, 1.807) is 0 Å². The predicted octanol–water partition coefficient (Wildman–Crippen LogP) is 6.12. The quantitative estimate of drug-likeness (QED) is 0.496. The van der Waals surface area contributed by atoms with E-state index >= 15 is 0 Å². The molecule has 0 aromatic heterocycles. The Balaban J connectivity index is 2.56. The molecule has 2 N–H and O–H groups in total. The Hall–Kier alpha value is -2.59. The maximum atomic E-state index is 13.1. The van der Waals surface area contributed by atoms with Crippen LogP contribution in [0.1, 0.15) is 16.7 Å². The summed E-state index contributed by atoms with van der Waals surface area (Å²) in [6.07, 6.45) is -15.3. The van der Waals surface area contributed by atoms with Gasteiger partial charge in [-0.15, -0.1) is 0 Å². The third-order valence-corrected chi connectivity index (χ3v) is 3.19. The van der Waals surface area contributed by atoms with Gasteiger partial charge in [0.15, 0.2) is 0 Å². The first-order valence-corrected chi connectivity index (χ1v) is 6.63. The molecule has 0 amide bonds. The molecule has 0 saturated heterocycles. The average molecular weight is 389 g/mol. The van der Waals surface area contributed by atoms with Gasteiger partial charge in [-0.2, -0.15) is 39.5 Å². The van der Waals surface area contributed by atoms with Gasteiger partial charge in [-0.1, -0.05) is 6.07 Å². The topological polar surface area (TPSA) is 35.2 Å². The SMILES string of the molecule is Nc1c(C(F)(F)F)ccc(Oc2cccc(C(F)(F)F)c2)c1C(F)(F)F. The molecule has 0 aliphatic carbocycles. The average Bonchev–Trinajstić information content (AvgIpc) is 2.44. The van der Waals surface area contributed by atoms with Crippen LogP contribution in [0.25, 0.3) is 0 Å². The van der Waals surface area contributed by atoms with Gasteiger partial charge in [-0.25, -0.2) is 0 Å². The van der Waals surface area contributed by atoms with E-state index in [1.165, 1.54) is 0 Å². The van der Waals surface area contributed by atoms with Crippen molar-refractivity contribution in [1.82, 2.24) is 0 Å². The van der Waals surface area contributed by atoms with Gasteiger partial charge >= 0.3 is 18.5 Å². The van der Waals surface area contributed by atoms with Crippen molar-refractivity contribution < 1.29 is 44.3 Å². The summed E-state index contributed by atoms with van der Waals surface area (Å²) in [7, 11) is 0. The third-order valence-electron chi connectivity index (χ3n) is 3.19. The van der Waals surface area contributed by atoms with E-state index in [4.69, 9.17) is 10.5 Å². The standard InChI is InChI=1S/C15H8F9NO/c16-13(17,18)7-2-1-3-8(6-7)26-10-5-4-9(14(19,20)21)12(25)11(10)15(22,23)24/h1-6H,25H2. The van der Waals surface area contributed by atoms with Crippen LogP contribution in [0, 0.1) is 0 Å². The summed E-state index contributed by atoms with van der Waals surface area (Å²) in [6, 6.07) is 3.46. The van der Waals surface area contributed by atoms with Crippen LogP contribution >= 0.6 is 0 Å². The van der Waals surface area contributed by atoms with Crippen molar-refractivity contribution in [3.63, 3.8) is 0 Å². The molecule has 0 unspecified atom stereocenters. The second-order valence-electron chi connectivity index (χ2n) is 5.02. The van der Waals surface area contributed by atoms with Crippen LogP contribution in [0.4, 0.5) is 45.2 Å². The van der Waals surface area contributed by atoms with Gasteiger partial charge in [0.1, 0.15) is 17.1 Å². The van der Waals surface area contributed by atoms with Crippen LogP contribution in [0.2, 0.25) is 0 Å². The molecule has 0 bridgehead atoms. The van der Waals surface area contributed by atoms with E-state index in [0.29, 0.717) is 18.2 Å². The summed E-state index contributed by atoms with van der Waals surface area (Å²) >= 11 is 0. The monoisotopic (exact) mass is 389 g/mol. The van der Waals surface area contributed by atoms with Gasteiger partial charge in [0.2, 0.25) is 0 Å². The minimum absolute atomic E-state index is 0.257. The van der Waals surface area contributed by atoms with E-state index in [1.807, 2.05) is 0 Å². The number of nitrogens with two attached hydrogens (primary N) is 1. The molecule has 0 saturated carbocycles. The second kappa shape index (κ2) is 6.29. The highest BCUT2D eigenvalue weighted by Gasteiger charge is 2.43. The number of anilines is 1. The van der Waals surface area contributed by atoms with Crippen molar-refractivity contribution >= 4 is 5.69 Å². The smallest absolute Gasteiger partial charge is 0.421 e. The molecular weight excluding hydrogens is 381 g/mol. The second-order valence-corrected chi connectivity index (χ2v) is 5.02. The molecule has 2 rings (SSSR count). The Morgan fingerprint density at radius 2 is 1.35 bits per heavy atom. The molecule has 11 heteroatoms. The minimum atomic E-state index is -5.33. The van der Waals surface area contributed by atoms with Crippen molar-refractivity contribution in [3.05, 3.63) is 53.1 Å². The summed E-state index contributed by atoms with van der Waals surface area (Å²) in [5, 5.41) is 0. The van der Waals surface area contributed by atoms with Crippen molar-refractivity contribution in [2.75, 3.05) is 5.73 Å². The van der Waals surface area contributed by atoms with Gasteiger partial charge < -0.3 is 10.5 Å². The molecule has 0 fully saturated rings. The Labute approximate surface area is 140 Å². The number of hydrogen-bond acceptors (Lipinski definition) is 2. The highest BCUT2D eigenvalue weighted by atomic mass is 19.4. The van der Waals surface area contributed by atoms with Crippen LogP contribution in [-0.2, 0) is 18.5 Å². The summed E-state index contributed by atoms with van der Waals surface area (Å²) in [4.78, 5) is 0. The summed E-state index contributed by atoms with van der Waals surface area (Å²) < 4.78 is 120. The predicted molar refractivity (Wildman–Crippen MR) is 72.4 cm³/mol. The van der Waals surface area contributed by atoms with Gasteiger partial charge in [-0.3, -0.25) is 0 Å². The fourth-order valence-corrected chi connectivity index (χ4v) is 2.09. The third kappa shape index (κ3) is 4.14. The minimum Gasteiger partial charge on any atom is -0.457 e. The lowest BCUT2D eigenvalue weighted by molar-refractivity contribution is -0.142. The zero-order valence-electron chi connectivity index (χ0n) is 12.4. The number of halogens is 9. The fourth-order valence-electron chi connectivity index (χ4n) is 2.09. The molecule has 0 radical (unpaired) electrons. The first-order chi connectivity index (χ1) is 11.7. The Morgan fingerprint density at radius 3 is 1.85 bits per heavy atom. The van der Waals surface area contributed by atoms with E-state index in [2.05, 4.69) is 0 Å². The molecule has 0 heterocycles. The number of nitrogen functional groups attached to an aromatic ring is 1. The highest BCUT2D eigenvalue weighted by molar-refractivity contribution is 5.62. The fraction of sp³-hybridized carbons (Fsp3) is 0.200. The van der Waals surface area contributed by atoms with Gasteiger partial charge in [-0.05, 0) is 30.3 Å². The van der Waals surface area contributed by atoms with Crippen LogP contribution in [0.5, 0.6) is 11.5 Å². The number of benzene rings is 2. The van der Waals surface area contributed by atoms with Crippen LogP contribution in [0.15, 0.2) is 36.4 Å². The maximum absolute atomic E-state index is 13.1. The first kappa shape index (κ1) is 19.7. The molecule has 0 aliphatic heterocycles. The zero-order chi connectivity index (χ0) is 19.9. The summed E-state index contributed by atoms with van der Waals surface area (Å²) in [5.74, 6) is -1.80. The van der Waals surface area contributed by atoms with Crippen molar-refractivity contribution in [2.45, 2.75) is 18.5 Å². The lowest BCUT2D eigenvalue weighted by Crippen LogP contribution is -2.17. The summed E-state index contributed by atoms with van der Waals surface area (Å²) in [6.45, 7) is 0. The van der Waals surface area contributed by atoms with Crippen LogP contribution in [0.3, 0.4) is 0 Å². The van der Waals surface area contributed by atoms with E-state index in [0.717, 1.165) is 12.1 Å². The first-order valence-electron chi connectivity index (χ1n) is 6.63. The van der Waals surface area contributed by atoms with Crippen LogP contribution < -0.4 is 10.5 Å². The highest BCUT2D eigenvalue weighted by Crippen LogP contribution is 2.47. The normalized spacial score (nSPS) is 13.0. The number of rotatable bonds is 2. The molecule has 26 heavy (non-hydrogen) atoms. The van der Waals surface area contributed by atoms with Gasteiger partial charge in [0, 0.05) is 0 Å². The van der Waals surface area contributed by atoms with E-state index < -0.39 is 52.4 Å². The summed E-state index contributed by atoms with van der Waals surface area (Å²) in [5.41, 5.74) is -1.49. The molecule has 2 nitrogen and oxygen atoms in total. The molecule has 0 atom stereocenters. The maximum Gasteiger partial charge on any atom is 0.421 e. The van der Waals surface area contributed by atoms with Crippen molar-refractivity contribution in [3.8, 4) is 11.5 Å². The molecular formula is C15H8F9NO. The van der Waals surface area contributed by atoms with E-state index in [9.17, 15) is 39.5 Å². The number of alkyl halides is 9. The van der Waals surface area contributed by atoms with Crippen molar-refractivity contribution in [1.29, 1.82) is 0 Å². The van der Waals surface area contributed by atoms with Crippen molar-refractivity contribution in [2.24, 2.45) is 0 Å². The molecule has 0 spiro atoms. The van der Waals surface area contributed by atoms with E-state index in [-0.39, 0.29) is 6.07 Å². The lowest BCUT2D eigenvalue weighted by atomic mass is 10.0. The largest absolute Gasteiger partial charge is 0.457 e. The molecule has 0 aliphatic rings. The molecule has 142 valence electrons. The lowest BCUT2D eigenvalue weighted by Gasteiger charge is -2.19. The molecule has 2 aromatic carbocycles. The number of ether oxygens (including phenoxy) is 1. The zero-order valence-corrected chi connectivity index (χ0v) is 12.4.